The van der Waals surface area contributed by atoms with Crippen LogP contribution in [0.3, 0.4) is 0 Å². The number of alkyl carbamates (subject to hydrolysis) is 1. The topological polar surface area (TPSA) is 94.5 Å². The Morgan fingerprint density at radius 2 is 1.92 bits per heavy atom. The Morgan fingerprint density at radius 1 is 1.23 bits per heavy atom. The quantitative estimate of drug-likeness (QED) is 0.781. The molecule has 0 aromatic carbocycles. The first-order valence-electron chi connectivity index (χ1n) is 9.66. The highest BCUT2D eigenvalue weighted by Crippen LogP contribution is 2.29. The van der Waals surface area contributed by atoms with Gasteiger partial charge in [-0.25, -0.2) is 4.79 Å². The van der Waals surface area contributed by atoms with Crippen LogP contribution in [0.5, 0.6) is 0 Å². The molecule has 1 saturated heterocycles. The van der Waals surface area contributed by atoms with Gasteiger partial charge in [-0.15, -0.1) is 0 Å². The molecule has 2 fully saturated rings. The van der Waals surface area contributed by atoms with Crippen LogP contribution in [0.1, 0.15) is 65.7 Å². The van der Waals surface area contributed by atoms with E-state index in [1.807, 2.05) is 20.8 Å². The van der Waals surface area contributed by atoms with E-state index in [4.69, 9.17) is 4.74 Å². The molecule has 0 unspecified atom stereocenters. The zero-order chi connectivity index (χ0) is 19.2. The second-order valence-corrected chi connectivity index (χ2v) is 8.45. The Labute approximate surface area is 156 Å². The smallest absolute Gasteiger partial charge is 0.407 e. The first-order chi connectivity index (χ1) is 12.2. The Balaban J connectivity index is 1.85. The first-order valence-corrected chi connectivity index (χ1v) is 9.66. The molecule has 1 aliphatic carbocycles. The summed E-state index contributed by atoms with van der Waals surface area (Å²) in [7, 11) is 0. The van der Waals surface area contributed by atoms with Crippen LogP contribution in [0, 0.1) is 11.3 Å². The predicted octanol–water partition coefficient (Wildman–Crippen LogP) is 2.32. The van der Waals surface area contributed by atoms with E-state index < -0.39 is 17.2 Å². The summed E-state index contributed by atoms with van der Waals surface area (Å²) in [6.45, 7) is 7.05. The lowest BCUT2D eigenvalue weighted by Crippen LogP contribution is -2.53. The van der Waals surface area contributed by atoms with Gasteiger partial charge in [0, 0.05) is 12.6 Å². The maximum atomic E-state index is 12.5. The number of hydrogen-bond acceptors (Lipinski definition) is 5. The Bertz CT molecular complexity index is 544. The lowest BCUT2D eigenvalue weighted by atomic mass is 9.99. The number of nitriles is 1. The van der Waals surface area contributed by atoms with E-state index in [1.165, 1.54) is 0 Å². The number of nitrogens with one attached hydrogen (secondary N) is 2. The van der Waals surface area contributed by atoms with Crippen molar-refractivity contribution >= 4 is 12.0 Å². The molecule has 2 amide bonds. The van der Waals surface area contributed by atoms with Crippen molar-refractivity contribution in [1.82, 2.24) is 15.5 Å². The largest absolute Gasteiger partial charge is 0.444 e. The molecular weight excluding hydrogens is 332 g/mol. The molecule has 1 atom stereocenters. The van der Waals surface area contributed by atoms with Crippen LogP contribution in [-0.2, 0) is 9.53 Å². The van der Waals surface area contributed by atoms with Gasteiger partial charge in [0.15, 0.2) is 0 Å². The number of ether oxygens (including phenoxy) is 1. The van der Waals surface area contributed by atoms with E-state index in [1.54, 1.807) is 0 Å². The molecule has 146 valence electrons. The molecule has 2 N–H and O–H groups in total. The van der Waals surface area contributed by atoms with E-state index in [0.717, 1.165) is 51.5 Å². The fourth-order valence-corrected chi connectivity index (χ4v) is 3.75. The van der Waals surface area contributed by atoms with Crippen LogP contribution >= 0.6 is 0 Å². The number of piperidine rings is 1. The number of nitrogens with zero attached hydrogens (tertiary/aromatic N) is 2. The third kappa shape index (κ3) is 6.17. The van der Waals surface area contributed by atoms with E-state index in [-0.39, 0.29) is 18.5 Å². The van der Waals surface area contributed by atoms with Crippen molar-refractivity contribution in [3.8, 4) is 6.07 Å². The van der Waals surface area contributed by atoms with Crippen molar-refractivity contribution in [3.63, 3.8) is 0 Å². The number of rotatable bonds is 5. The summed E-state index contributed by atoms with van der Waals surface area (Å²) >= 11 is 0. The fraction of sp³-hybridized carbons (Fsp3) is 0.842. The minimum Gasteiger partial charge on any atom is -0.444 e. The van der Waals surface area contributed by atoms with Gasteiger partial charge in [0.05, 0.1) is 12.6 Å². The molecule has 0 aromatic rings. The Morgan fingerprint density at radius 3 is 2.54 bits per heavy atom. The molecule has 0 spiro atoms. The zero-order valence-electron chi connectivity index (χ0n) is 16.3. The van der Waals surface area contributed by atoms with Crippen LogP contribution in [0.15, 0.2) is 0 Å². The molecule has 2 rings (SSSR count). The first kappa shape index (κ1) is 20.5. The zero-order valence-corrected chi connectivity index (χ0v) is 16.3. The molecule has 1 heterocycles. The summed E-state index contributed by atoms with van der Waals surface area (Å²) in [6.07, 6.45) is 6.08. The third-order valence-electron chi connectivity index (χ3n) is 5.03. The van der Waals surface area contributed by atoms with Crippen molar-refractivity contribution in [2.24, 2.45) is 0 Å². The summed E-state index contributed by atoms with van der Waals surface area (Å²) in [5.74, 6) is -0.0994. The number of carbonyl (C=O) groups is 2. The lowest BCUT2D eigenvalue weighted by molar-refractivity contribution is -0.124. The van der Waals surface area contributed by atoms with Crippen molar-refractivity contribution < 1.29 is 14.3 Å². The van der Waals surface area contributed by atoms with Crippen molar-refractivity contribution in [3.05, 3.63) is 0 Å². The maximum Gasteiger partial charge on any atom is 0.407 e. The molecule has 2 aliphatic rings. The highest BCUT2D eigenvalue weighted by atomic mass is 16.6. The third-order valence-corrected chi connectivity index (χ3v) is 5.03. The molecule has 7 nitrogen and oxygen atoms in total. The van der Waals surface area contributed by atoms with Crippen molar-refractivity contribution in [1.29, 1.82) is 5.26 Å². The van der Waals surface area contributed by atoms with Crippen LogP contribution in [0.2, 0.25) is 0 Å². The second kappa shape index (κ2) is 8.72. The van der Waals surface area contributed by atoms with Gasteiger partial charge < -0.3 is 15.4 Å². The second-order valence-electron chi connectivity index (χ2n) is 8.45. The van der Waals surface area contributed by atoms with Gasteiger partial charge in [0.2, 0.25) is 5.91 Å². The number of carbonyl (C=O) groups excluding carboxylic acids is 2. The van der Waals surface area contributed by atoms with Gasteiger partial charge >= 0.3 is 6.09 Å². The van der Waals surface area contributed by atoms with Crippen LogP contribution in [-0.4, -0.2) is 53.7 Å². The average Bonchev–Trinajstić information content (AvgIpc) is 3.01. The van der Waals surface area contributed by atoms with Gasteiger partial charge in [-0.2, -0.15) is 5.26 Å². The summed E-state index contributed by atoms with van der Waals surface area (Å²) in [5.41, 5.74) is -1.21. The predicted molar refractivity (Wildman–Crippen MR) is 98.4 cm³/mol. The van der Waals surface area contributed by atoms with Crippen molar-refractivity contribution in [2.75, 3.05) is 19.6 Å². The number of amides is 2. The molecule has 7 heteroatoms. The van der Waals surface area contributed by atoms with Crippen LogP contribution in [0.4, 0.5) is 4.79 Å². The van der Waals surface area contributed by atoms with Gasteiger partial charge in [-0.3, -0.25) is 9.69 Å². The minimum atomic E-state index is -0.683. The number of likely N-dealkylation sites (tertiary alicyclic amines) is 1. The van der Waals surface area contributed by atoms with Gasteiger partial charge in [0.25, 0.3) is 0 Å². The monoisotopic (exact) mass is 364 g/mol. The molecule has 1 aliphatic heterocycles. The SMILES string of the molecule is CC(C)(C)OC(=O)NC[C@H]1CCCCN1CC(=O)NC1(C#N)CCCC1. The van der Waals surface area contributed by atoms with E-state index in [9.17, 15) is 14.9 Å². The van der Waals surface area contributed by atoms with Crippen LogP contribution < -0.4 is 10.6 Å². The van der Waals surface area contributed by atoms with E-state index in [2.05, 4.69) is 21.6 Å². The van der Waals surface area contributed by atoms with Gasteiger partial charge in [0.1, 0.15) is 11.1 Å². The lowest BCUT2D eigenvalue weighted by Gasteiger charge is -2.36. The van der Waals surface area contributed by atoms with Gasteiger partial charge in [-0.05, 0) is 65.8 Å². The molecule has 0 bridgehead atoms. The normalized spacial score (nSPS) is 23.1. The molecular formula is C19H32N4O3. The Hall–Kier alpha value is -1.81. The van der Waals surface area contributed by atoms with Gasteiger partial charge in [-0.1, -0.05) is 6.42 Å². The molecule has 1 saturated carbocycles. The van der Waals surface area contributed by atoms with E-state index in [0.29, 0.717) is 6.54 Å². The highest BCUT2D eigenvalue weighted by Gasteiger charge is 2.36. The summed E-state index contributed by atoms with van der Waals surface area (Å²) in [6, 6.07) is 2.41. The summed E-state index contributed by atoms with van der Waals surface area (Å²) in [5, 5.41) is 15.2. The standard InChI is InChI=1S/C19H32N4O3/c1-18(2,3)26-17(25)21-12-15-8-4-7-11-23(15)13-16(24)22-19(14-20)9-5-6-10-19/h15H,4-13H2,1-3H3,(H,21,25)(H,22,24)/t15-/m1/s1. The minimum absolute atomic E-state index is 0.0994. The molecule has 0 aromatic heterocycles. The van der Waals surface area contributed by atoms with E-state index >= 15 is 0 Å². The maximum absolute atomic E-state index is 12.5. The average molecular weight is 364 g/mol. The van der Waals surface area contributed by atoms with Crippen molar-refractivity contribution in [2.45, 2.75) is 82.9 Å². The Kier molecular flexibility index (Phi) is 6.87. The molecule has 0 radical (unpaired) electrons. The fourth-order valence-electron chi connectivity index (χ4n) is 3.75. The van der Waals surface area contributed by atoms with Crippen LogP contribution in [0.25, 0.3) is 0 Å². The summed E-state index contributed by atoms with van der Waals surface area (Å²) < 4.78 is 5.28. The highest BCUT2D eigenvalue weighted by molar-refractivity contribution is 5.79. The summed E-state index contributed by atoms with van der Waals surface area (Å²) in [4.78, 5) is 26.5. The molecule has 26 heavy (non-hydrogen) atoms. The number of hydrogen-bond donors (Lipinski definition) is 2.